The number of hydrogen-bond acceptors (Lipinski definition) is 4. The molecule has 4 heteroatoms. The van der Waals surface area contributed by atoms with E-state index >= 15 is 0 Å². The molecule has 1 aliphatic rings. The fourth-order valence-corrected chi connectivity index (χ4v) is 1.49. The smallest absolute Gasteiger partial charge is 0.200 e. The Morgan fingerprint density at radius 3 is 3.36 bits per heavy atom. The van der Waals surface area contributed by atoms with Crippen molar-refractivity contribution in [1.82, 2.24) is 4.37 Å². The van der Waals surface area contributed by atoms with Gasteiger partial charge < -0.3 is 9.47 Å². The first-order valence-corrected chi connectivity index (χ1v) is 4.46. The molecule has 1 unspecified atom stereocenters. The molecule has 11 heavy (non-hydrogen) atoms. The predicted octanol–water partition coefficient (Wildman–Crippen LogP) is 1.66. The first-order valence-electron chi connectivity index (χ1n) is 3.63. The Labute approximate surface area is 69.1 Å². The van der Waals surface area contributed by atoms with Crippen LogP contribution in [0, 0.1) is 0 Å². The Morgan fingerprint density at radius 2 is 2.73 bits per heavy atom. The van der Waals surface area contributed by atoms with E-state index in [0.29, 0.717) is 0 Å². The van der Waals surface area contributed by atoms with Gasteiger partial charge in [-0.15, -0.1) is 0 Å². The second-order valence-corrected chi connectivity index (χ2v) is 3.08. The SMILES string of the molecule is c1nscc1OC1CCCO1. The summed E-state index contributed by atoms with van der Waals surface area (Å²) in [7, 11) is 0. The molecule has 0 amide bonds. The van der Waals surface area contributed by atoms with E-state index in [9.17, 15) is 0 Å². The number of nitrogens with zero attached hydrogens (tertiary/aromatic N) is 1. The van der Waals surface area contributed by atoms with E-state index in [0.717, 1.165) is 25.2 Å². The van der Waals surface area contributed by atoms with Crippen molar-refractivity contribution < 1.29 is 9.47 Å². The van der Waals surface area contributed by atoms with Crippen LogP contribution in [0.1, 0.15) is 12.8 Å². The molecule has 2 rings (SSSR count). The summed E-state index contributed by atoms with van der Waals surface area (Å²) >= 11 is 1.39. The fourth-order valence-electron chi connectivity index (χ4n) is 1.05. The second-order valence-electron chi connectivity index (χ2n) is 2.42. The summed E-state index contributed by atoms with van der Waals surface area (Å²) in [6.07, 6.45) is 3.77. The zero-order chi connectivity index (χ0) is 7.52. The van der Waals surface area contributed by atoms with Gasteiger partial charge in [0, 0.05) is 6.42 Å². The number of ether oxygens (including phenoxy) is 2. The lowest BCUT2D eigenvalue weighted by molar-refractivity contribution is -0.0389. The minimum Gasteiger partial charge on any atom is -0.462 e. The van der Waals surface area contributed by atoms with Crippen molar-refractivity contribution >= 4 is 11.5 Å². The van der Waals surface area contributed by atoms with E-state index in [1.807, 2.05) is 5.38 Å². The Morgan fingerprint density at radius 1 is 1.73 bits per heavy atom. The van der Waals surface area contributed by atoms with E-state index in [2.05, 4.69) is 4.37 Å². The molecule has 0 radical (unpaired) electrons. The summed E-state index contributed by atoms with van der Waals surface area (Å²) in [6.45, 7) is 0.822. The number of aromatic nitrogens is 1. The molecule has 0 bridgehead atoms. The molecule has 1 aliphatic heterocycles. The molecule has 60 valence electrons. The zero-order valence-electron chi connectivity index (χ0n) is 6.03. The van der Waals surface area contributed by atoms with Gasteiger partial charge in [0.25, 0.3) is 0 Å². The van der Waals surface area contributed by atoms with Crippen LogP contribution in [0.5, 0.6) is 5.75 Å². The van der Waals surface area contributed by atoms with Crippen LogP contribution in [0.2, 0.25) is 0 Å². The summed E-state index contributed by atoms with van der Waals surface area (Å²) in [5.74, 6) is 0.821. The van der Waals surface area contributed by atoms with E-state index in [-0.39, 0.29) is 6.29 Å². The zero-order valence-corrected chi connectivity index (χ0v) is 6.84. The largest absolute Gasteiger partial charge is 0.462 e. The molecule has 1 saturated heterocycles. The van der Waals surface area contributed by atoms with E-state index < -0.39 is 0 Å². The molecule has 0 saturated carbocycles. The van der Waals surface area contributed by atoms with Crippen LogP contribution in [0.15, 0.2) is 11.6 Å². The molecule has 1 fully saturated rings. The van der Waals surface area contributed by atoms with Crippen LogP contribution >= 0.6 is 11.5 Å². The molecule has 3 nitrogen and oxygen atoms in total. The predicted molar refractivity (Wildman–Crippen MR) is 41.7 cm³/mol. The van der Waals surface area contributed by atoms with Gasteiger partial charge >= 0.3 is 0 Å². The first-order chi connectivity index (χ1) is 5.45. The fraction of sp³-hybridized carbons (Fsp3) is 0.571. The van der Waals surface area contributed by atoms with Crippen LogP contribution in [0.4, 0.5) is 0 Å². The van der Waals surface area contributed by atoms with Gasteiger partial charge in [-0.05, 0) is 18.0 Å². The Hall–Kier alpha value is -0.610. The second kappa shape index (κ2) is 3.19. The van der Waals surface area contributed by atoms with Crippen LogP contribution in [-0.4, -0.2) is 17.3 Å². The average Bonchev–Trinajstić information content (AvgIpc) is 2.60. The third-order valence-electron chi connectivity index (χ3n) is 1.57. The van der Waals surface area contributed by atoms with Gasteiger partial charge in [-0.1, -0.05) is 0 Å². The quantitative estimate of drug-likeness (QED) is 0.678. The third kappa shape index (κ3) is 1.70. The lowest BCUT2D eigenvalue weighted by Gasteiger charge is -2.09. The van der Waals surface area contributed by atoms with Gasteiger partial charge in [-0.2, -0.15) is 4.37 Å². The lowest BCUT2D eigenvalue weighted by Crippen LogP contribution is -2.13. The minimum absolute atomic E-state index is 0.0357. The number of hydrogen-bond donors (Lipinski definition) is 0. The highest BCUT2D eigenvalue weighted by Crippen LogP contribution is 2.19. The van der Waals surface area contributed by atoms with Gasteiger partial charge in [0.2, 0.25) is 0 Å². The first kappa shape index (κ1) is 7.06. The Kier molecular flexibility index (Phi) is 2.05. The molecule has 0 aromatic carbocycles. The van der Waals surface area contributed by atoms with Gasteiger partial charge in [-0.25, -0.2) is 0 Å². The van der Waals surface area contributed by atoms with Gasteiger partial charge in [0.15, 0.2) is 12.0 Å². The van der Waals surface area contributed by atoms with Crippen molar-refractivity contribution in [3.05, 3.63) is 11.6 Å². The summed E-state index contributed by atoms with van der Waals surface area (Å²) < 4.78 is 14.6. The summed E-state index contributed by atoms with van der Waals surface area (Å²) in [5.41, 5.74) is 0. The van der Waals surface area contributed by atoms with E-state index in [1.165, 1.54) is 11.5 Å². The van der Waals surface area contributed by atoms with Crippen molar-refractivity contribution in [2.24, 2.45) is 0 Å². The Balaban J connectivity index is 1.90. The third-order valence-corrected chi connectivity index (χ3v) is 2.13. The molecule has 2 heterocycles. The molecule has 0 aliphatic carbocycles. The highest BCUT2D eigenvalue weighted by atomic mass is 32.1. The standard InChI is InChI=1S/C7H9NO2S/c1-2-7(9-3-1)10-6-4-8-11-5-6/h4-5,7H,1-3H2. The maximum atomic E-state index is 5.44. The van der Waals surface area contributed by atoms with Crippen molar-refractivity contribution in [3.63, 3.8) is 0 Å². The normalized spacial score (nSPS) is 23.8. The van der Waals surface area contributed by atoms with Crippen molar-refractivity contribution in [1.29, 1.82) is 0 Å². The summed E-state index contributed by atoms with van der Waals surface area (Å²) in [5, 5.41) is 1.88. The minimum atomic E-state index is -0.0357. The molecular weight excluding hydrogens is 162 g/mol. The van der Waals surface area contributed by atoms with Crippen LogP contribution < -0.4 is 4.74 Å². The number of rotatable bonds is 2. The monoisotopic (exact) mass is 171 g/mol. The summed E-state index contributed by atoms with van der Waals surface area (Å²) in [6, 6.07) is 0. The molecule has 0 N–H and O–H groups in total. The van der Waals surface area contributed by atoms with E-state index in [1.54, 1.807) is 6.20 Å². The molecule has 0 spiro atoms. The molecule has 1 aromatic rings. The Bertz CT molecular complexity index is 206. The van der Waals surface area contributed by atoms with Crippen molar-refractivity contribution in [2.75, 3.05) is 6.61 Å². The molecule has 1 atom stereocenters. The molecular formula is C7H9NO2S. The average molecular weight is 171 g/mol. The van der Waals surface area contributed by atoms with Crippen LogP contribution in [0.3, 0.4) is 0 Å². The highest BCUT2D eigenvalue weighted by Gasteiger charge is 2.16. The molecule has 1 aromatic heterocycles. The maximum Gasteiger partial charge on any atom is 0.200 e. The van der Waals surface area contributed by atoms with Gasteiger partial charge in [0.05, 0.1) is 18.2 Å². The van der Waals surface area contributed by atoms with Gasteiger partial charge in [-0.3, -0.25) is 0 Å². The van der Waals surface area contributed by atoms with Crippen molar-refractivity contribution in [3.8, 4) is 5.75 Å². The summed E-state index contributed by atoms with van der Waals surface area (Å²) in [4.78, 5) is 0. The topological polar surface area (TPSA) is 31.4 Å². The van der Waals surface area contributed by atoms with E-state index in [4.69, 9.17) is 9.47 Å². The van der Waals surface area contributed by atoms with Crippen LogP contribution in [0.25, 0.3) is 0 Å². The maximum absolute atomic E-state index is 5.44. The van der Waals surface area contributed by atoms with Crippen LogP contribution in [-0.2, 0) is 4.74 Å². The van der Waals surface area contributed by atoms with Gasteiger partial charge in [0.1, 0.15) is 0 Å². The lowest BCUT2D eigenvalue weighted by atomic mass is 10.4. The van der Waals surface area contributed by atoms with Crippen molar-refractivity contribution in [2.45, 2.75) is 19.1 Å². The highest BCUT2D eigenvalue weighted by molar-refractivity contribution is 7.03.